The fourth-order valence-electron chi connectivity index (χ4n) is 2.37. The summed E-state index contributed by atoms with van der Waals surface area (Å²) in [7, 11) is -5.03. The van der Waals surface area contributed by atoms with Crippen LogP contribution in [-0.2, 0) is 32.1 Å². The maximum Gasteiger partial charge on any atom is 0.635 e. The number of benzene rings is 1. The maximum atomic E-state index is 12.0. The van der Waals surface area contributed by atoms with Gasteiger partial charge in [-0.15, -0.1) is 0 Å². The molecule has 0 radical (unpaired) electrons. The van der Waals surface area contributed by atoms with Gasteiger partial charge in [0.25, 0.3) is 0 Å². The van der Waals surface area contributed by atoms with Gasteiger partial charge in [0.2, 0.25) is 5.91 Å². The van der Waals surface area contributed by atoms with Gasteiger partial charge in [-0.1, -0.05) is 31.2 Å². The zero-order valence-electron chi connectivity index (χ0n) is 14.6. The number of carbonyl (C=O) groups is 1. The number of nitrogens with one attached hydrogen (secondary N) is 1. The molecule has 25 heavy (non-hydrogen) atoms. The van der Waals surface area contributed by atoms with Crippen LogP contribution in [0.15, 0.2) is 24.3 Å². The zero-order valence-corrected chi connectivity index (χ0v) is 15.5. The summed E-state index contributed by atoms with van der Waals surface area (Å²) < 4.78 is 27.1. The second-order valence-corrected chi connectivity index (χ2v) is 8.24. The van der Waals surface area contributed by atoms with Crippen LogP contribution in [0, 0.1) is 0 Å². The summed E-state index contributed by atoms with van der Waals surface area (Å²) in [6.45, 7) is 2.03. The Morgan fingerprint density at radius 1 is 1.28 bits per heavy atom. The second-order valence-electron chi connectivity index (χ2n) is 5.98. The van der Waals surface area contributed by atoms with Gasteiger partial charge < -0.3 is 20.0 Å². The van der Waals surface area contributed by atoms with Gasteiger partial charge in [0.05, 0.1) is 0 Å². The van der Waals surface area contributed by atoms with Crippen molar-refractivity contribution in [3.05, 3.63) is 35.4 Å². The normalized spacial score (nSPS) is 12.6. The first-order valence-corrected chi connectivity index (χ1v) is 10.3. The Kier molecular flexibility index (Phi) is 9.12. The van der Waals surface area contributed by atoms with Gasteiger partial charge in [-0.25, -0.2) is 8.42 Å². The number of rotatable bonds is 11. The van der Waals surface area contributed by atoms with Crippen molar-refractivity contribution >= 4 is 23.1 Å². The quantitative estimate of drug-likeness (QED) is 0.296. The summed E-state index contributed by atoms with van der Waals surface area (Å²) in [6.07, 6.45) is 2.41. The van der Waals surface area contributed by atoms with Gasteiger partial charge in [0.15, 0.2) is 0 Å². The molecular formula is C16H26BNO6S. The molecule has 0 bridgehead atoms. The molecule has 0 aliphatic rings. The Hall–Kier alpha value is -1.42. The standard InChI is InChI=1S/C16H26BNO6S/c1-3-13-7-6-8-14(11-13)12-16(24-17(20)21)18-15(19)9-4-5-10-25(2,22)23/h6-8,11,16,20-21H,3-5,9-10,12H2,1-2H3,(H,18,19)/t16-/m1/s1. The van der Waals surface area contributed by atoms with Crippen molar-refractivity contribution in [1.82, 2.24) is 5.32 Å². The van der Waals surface area contributed by atoms with Crippen LogP contribution in [0.3, 0.4) is 0 Å². The highest BCUT2D eigenvalue weighted by atomic mass is 32.2. The molecule has 0 aliphatic carbocycles. The van der Waals surface area contributed by atoms with E-state index < -0.39 is 23.4 Å². The van der Waals surface area contributed by atoms with E-state index in [9.17, 15) is 13.2 Å². The Bertz CT molecular complexity index is 650. The number of hydrogen-bond donors (Lipinski definition) is 3. The molecule has 0 unspecified atom stereocenters. The summed E-state index contributed by atoms with van der Waals surface area (Å²) in [5.41, 5.74) is 2.04. The lowest BCUT2D eigenvalue weighted by molar-refractivity contribution is -0.124. The molecule has 3 N–H and O–H groups in total. The van der Waals surface area contributed by atoms with Gasteiger partial charge in [-0.05, 0) is 30.4 Å². The molecule has 9 heteroatoms. The van der Waals surface area contributed by atoms with E-state index in [1.54, 1.807) is 0 Å². The lowest BCUT2D eigenvalue weighted by Crippen LogP contribution is -2.42. The first-order chi connectivity index (χ1) is 11.7. The molecule has 0 spiro atoms. The molecule has 0 aliphatic heterocycles. The Morgan fingerprint density at radius 3 is 2.56 bits per heavy atom. The maximum absolute atomic E-state index is 12.0. The van der Waals surface area contributed by atoms with Gasteiger partial charge in [0, 0.05) is 24.9 Å². The highest BCUT2D eigenvalue weighted by Crippen LogP contribution is 2.10. The molecule has 0 heterocycles. The molecule has 0 aromatic heterocycles. The predicted molar refractivity (Wildman–Crippen MR) is 96.3 cm³/mol. The van der Waals surface area contributed by atoms with E-state index >= 15 is 0 Å². The van der Waals surface area contributed by atoms with E-state index in [1.807, 2.05) is 31.2 Å². The van der Waals surface area contributed by atoms with Crippen LogP contribution < -0.4 is 5.32 Å². The Balaban J connectivity index is 2.55. The molecule has 0 saturated heterocycles. The monoisotopic (exact) mass is 371 g/mol. The fraction of sp³-hybridized carbons (Fsp3) is 0.562. The average molecular weight is 371 g/mol. The van der Waals surface area contributed by atoms with E-state index in [2.05, 4.69) is 5.32 Å². The van der Waals surface area contributed by atoms with E-state index in [-0.39, 0.29) is 18.1 Å². The van der Waals surface area contributed by atoms with Crippen molar-refractivity contribution in [2.24, 2.45) is 0 Å². The summed E-state index contributed by atoms with van der Waals surface area (Å²) in [5, 5.41) is 20.7. The van der Waals surface area contributed by atoms with Crippen molar-refractivity contribution in [1.29, 1.82) is 0 Å². The lowest BCUT2D eigenvalue weighted by Gasteiger charge is -2.20. The van der Waals surface area contributed by atoms with Crippen molar-refractivity contribution in [3.63, 3.8) is 0 Å². The first-order valence-electron chi connectivity index (χ1n) is 8.26. The summed E-state index contributed by atoms with van der Waals surface area (Å²) >= 11 is 0. The number of sulfone groups is 1. The predicted octanol–water partition coefficient (Wildman–Crippen LogP) is 0.435. The van der Waals surface area contributed by atoms with Crippen molar-refractivity contribution < 1.29 is 27.9 Å². The van der Waals surface area contributed by atoms with Crippen LogP contribution in [0.5, 0.6) is 0 Å². The minimum absolute atomic E-state index is 0.0410. The summed E-state index contributed by atoms with van der Waals surface area (Å²) in [4.78, 5) is 12.0. The minimum Gasteiger partial charge on any atom is -0.402 e. The average Bonchev–Trinajstić information content (AvgIpc) is 2.50. The van der Waals surface area contributed by atoms with Crippen LogP contribution in [0.1, 0.15) is 37.3 Å². The van der Waals surface area contributed by atoms with Crippen LogP contribution in [0.4, 0.5) is 0 Å². The smallest absolute Gasteiger partial charge is 0.402 e. The van der Waals surface area contributed by atoms with E-state index in [1.165, 1.54) is 0 Å². The molecule has 7 nitrogen and oxygen atoms in total. The summed E-state index contributed by atoms with van der Waals surface area (Å²) in [5.74, 6) is -0.287. The van der Waals surface area contributed by atoms with Crippen LogP contribution in [0.2, 0.25) is 0 Å². The SMILES string of the molecule is CCc1cccc(C[C@H](NC(=O)CCCCS(C)(=O)=O)OB(O)O)c1. The van der Waals surface area contributed by atoms with Crippen molar-refractivity contribution in [2.75, 3.05) is 12.0 Å². The highest BCUT2D eigenvalue weighted by Gasteiger charge is 2.20. The minimum atomic E-state index is -3.03. The van der Waals surface area contributed by atoms with Crippen LogP contribution in [-0.4, -0.2) is 49.9 Å². The first kappa shape index (κ1) is 21.6. The number of unbranched alkanes of at least 4 members (excludes halogenated alkanes) is 1. The molecule has 1 aromatic carbocycles. The Labute approximate surface area is 149 Å². The van der Waals surface area contributed by atoms with Gasteiger partial charge in [0.1, 0.15) is 16.1 Å². The molecule has 1 atom stereocenters. The van der Waals surface area contributed by atoms with E-state index in [0.29, 0.717) is 19.3 Å². The van der Waals surface area contributed by atoms with Crippen molar-refractivity contribution in [3.8, 4) is 0 Å². The molecule has 1 rings (SSSR count). The molecule has 1 aromatic rings. The highest BCUT2D eigenvalue weighted by molar-refractivity contribution is 7.90. The van der Waals surface area contributed by atoms with E-state index in [4.69, 9.17) is 14.7 Å². The molecule has 140 valence electrons. The number of amides is 1. The zero-order chi connectivity index (χ0) is 18.9. The Morgan fingerprint density at radius 2 is 1.96 bits per heavy atom. The fourth-order valence-corrected chi connectivity index (χ4v) is 3.10. The molecular weight excluding hydrogens is 345 g/mol. The van der Waals surface area contributed by atoms with Crippen LogP contribution >= 0.6 is 0 Å². The third kappa shape index (κ3) is 10.2. The largest absolute Gasteiger partial charge is 0.635 e. The molecule has 0 fully saturated rings. The van der Waals surface area contributed by atoms with Crippen molar-refractivity contribution in [2.45, 2.75) is 45.3 Å². The lowest BCUT2D eigenvalue weighted by atomic mass is 10.1. The molecule has 1 amide bonds. The van der Waals surface area contributed by atoms with E-state index in [0.717, 1.165) is 23.8 Å². The van der Waals surface area contributed by atoms with Crippen LogP contribution in [0.25, 0.3) is 0 Å². The molecule has 0 saturated carbocycles. The van der Waals surface area contributed by atoms with Gasteiger partial charge >= 0.3 is 7.32 Å². The second kappa shape index (κ2) is 10.5. The third-order valence-electron chi connectivity index (χ3n) is 3.60. The van der Waals surface area contributed by atoms with Gasteiger partial charge in [-0.3, -0.25) is 4.79 Å². The number of hydrogen-bond acceptors (Lipinski definition) is 6. The summed E-state index contributed by atoms with van der Waals surface area (Å²) in [6, 6.07) is 7.73. The topological polar surface area (TPSA) is 113 Å². The third-order valence-corrected chi connectivity index (χ3v) is 4.63. The number of carbonyl (C=O) groups excluding carboxylic acids is 1. The number of aryl methyl sites for hydroxylation is 1. The van der Waals surface area contributed by atoms with Gasteiger partial charge in [-0.2, -0.15) is 0 Å².